The van der Waals surface area contributed by atoms with Crippen LogP contribution in [0.3, 0.4) is 0 Å². The number of carbonyl (C=O) groups is 1. The van der Waals surface area contributed by atoms with E-state index in [0.29, 0.717) is 5.75 Å². The second-order valence-corrected chi connectivity index (χ2v) is 4.83. The second kappa shape index (κ2) is 5.09. The molecule has 0 saturated carbocycles. The number of rotatable bonds is 2. The SMILES string of the molecule is C=CC(=O)Oc1cc(Br)c(Br)c(Br)c1. The van der Waals surface area contributed by atoms with Crippen LogP contribution in [0.5, 0.6) is 5.75 Å². The van der Waals surface area contributed by atoms with E-state index in [0.717, 1.165) is 19.5 Å². The molecule has 1 aromatic carbocycles. The molecule has 0 atom stereocenters. The topological polar surface area (TPSA) is 26.3 Å². The molecule has 0 amide bonds. The quantitative estimate of drug-likeness (QED) is 0.332. The van der Waals surface area contributed by atoms with Crippen LogP contribution in [-0.4, -0.2) is 5.97 Å². The van der Waals surface area contributed by atoms with Gasteiger partial charge in [0, 0.05) is 19.5 Å². The van der Waals surface area contributed by atoms with Crippen LogP contribution in [0.25, 0.3) is 0 Å². The third-order valence-electron chi connectivity index (χ3n) is 1.34. The third kappa shape index (κ3) is 2.93. The Hall–Kier alpha value is -0.130. The first kappa shape index (κ1) is 11.9. The Morgan fingerprint density at radius 2 is 1.79 bits per heavy atom. The lowest BCUT2D eigenvalue weighted by atomic mass is 10.3. The predicted octanol–water partition coefficient (Wildman–Crippen LogP) is 4.07. The fraction of sp³-hybridized carbons (Fsp3) is 0. The van der Waals surface area contributed by atoms with E-state index >= 15 is 0 Å². The van der Waals surface area contributed by atoms with Crippen molar-refractivity contribution in [1.82, 2.24) is 0 Å². The minimum absolute atomic E-state index is 0.455. The van der Waals surface area contributed by atoms with Crippen molar-refractivity contribution in [3.05, 3.63) is 38.2 Å². The van der Waals surface area contributed by atoms with E-state index in [9.17, 15) is 4.79 Å². The smallest absolute Gasteiger partial charge is 0.335 e. The summed E-state index contributed by atoms with van der Waals surface area (Å²) in [5.41, 5.74) is 0. The van der Waals surface area contributed by atoms with Crippen LogP contribution in [0.2, 0.25) is 0 Å². The van der Waals surface area contributed by atoms with Crippen molar-refractivity contribution in [1.29, 1.82) is 0 Å². The lowest BCUT2D eigenvalue weighted by Crippen LogP contribution is -2.02. The lowest BCUT2D eigenvalue weighted by Gasteiger charge is -2.05. The number of esters is 1. The summed E-state index contributed by atoms with van der Waals surface area (Å²) < 4.78 is 7.42. The maximum absolute atomic E-state index is 10.9. The van der Waals surface area contributed by atoms with Gasteiger partial charge in [-0.3, -0.25) is 0 Å². The highest BCUT2D eigenvalue weighted by atomic mass is 79.9. The summed E-state index contributed by atoms with van der Waals surface area (Å²) in [4.78, 5) is 10.9. The minimum atomic E-state index is -0.480. The highest BCUT2D eigenvalue weighted by Gasteiger charge is 2.07. The van der Waals surface area contributed by atoms with E-state index in [1.807, 2.05) is 0 Å². The zero-order chi connectivity index (χ0) is 10.7. The summed E-state index contributed by atoms with van der Waals surface area (Å²) in [7, 11) is 0. The number of carbonyl (C=O) groups excluding carboxylic acids is 1. The van der Waals surface area contributed by atoms with Crippen LogP contribution in [0.1, 0.15) is 0 Å². The molecule has 0 aromatic heterocycles. The van der Waals surface area contributed by atoms with Crippen LogP contribution in [0.15, 0.2) is 38.2 Å². The first-order valence-corrected chi connectivity index (χ1v) is 5.91. The molecule has 0 N–H and O–H groups in total. The largest absolute Gasteiger partial charge is 0.423 e. The lowest BCUT2D eigenvalue weighted by molar-refractivity contribution is -0.128. The van der Waals surface area contributed by atoms with Gasteiger partial charge >= 0.3 is 5.97 Å². The molecule has 1 aromatic rings. The minimum Gasteiger partial charge on any atom is -0.423 e. The van der Waals surface area contributed by atoms with Crippen molar-refractivity contribution in [2.24, 2.45) is 0 Å². The first-order chi connectivity index (χ1) is 6.54. The van der Waals surface area contributed by atoms with Gasteiger partial charge < -0.3 is 4.74 Å². The van der Waals surface area contributed by atoms with Crippen molar-refractivity contribution in [3.63, 3.8) is 0 Å². The average Bonchev–Trinajstić information content (AvgIpc) is 2.14. The van der Waals surface area contributed by atoms with Gasteiger partial charge in [-0.25, -0.2) is 4.79 Å². The number of hydrogen-bond donors (Lipinski definition) is 0. The predicted molar refractivity (Wildman–Crippen MR) is 65.4 cm³/mol. The fourth-order valence-corrected chi connectivity index (χ4v) is 2.12. The van der Waals surface area contributed by atoms with Crippen molar-refractivity contribution in [2.45, 2.75) is 0 Å². The van der Waals surface area contributed by atoms with Gasteiger partial charge in [0.25, 0.3) is 0 Å². The van der Waals surface area contributed by atoms with Crippen LogP contribution < -0.4 is 4.74 Å². The van der Waals surface area contributed by atoms with E-state index in [-0.39, 0.29) is 0 Å². The summed E-state index contributed by atoms with van der Waals surface area (Å²) >= 11 is 9.97. The zero-order valence-electron chi connectivity index (χ0n) is 6.89. The first-order valence-electron chi connectivity index (χ1n) is 3.53. The van der Waals surface area contributed by atoms with Gasteiger partial charge in [-0.05, 0) is 59.9 Å². The molecule has 0 aliphatic heterocycles. The van der Waals surface area contributed by atoms with Gasteiger partial charge in [0.05, 0.1) is 0 Å². The highest BCUT2D eigenvalue weighted by Crippen LogP contribution is 2.34. The summed E-state index contributed by atoms with van der Waals surface area (Å²) in [5, 5.41) is 0. The summed E-state index contributed by atoms with van der Waals surface area (Å²) in [6.45, 7) is 3.31. The molecule has 0 unspecified atom stereocenters. The van der Waals surface area contributed by atoms with Crippen molar-refractivity contribution < 1.29 is 9.53 Å². The molecule has 0 spiro atoms. The van der Waals surface area contributed by atoms with E-state index in [1.54, 1.807) is 12.1 Å². The maximum atomic E-state index is 10.9. The van der Waals surface area contributed by atoms with Crippen molar-refractivity contribution in [2.75, 3.05) is 0 Å². The Labute approximate surface area is 107 Å². The van der Waals surface area contributed by atoms with Crippen molar-refractivity contribution in [3.8, 4) is 5.75 Å². The monoisotopic (exact) mass is 382 g/mol. The van der Waals surface area contributed by atoms with Gasteiger partial charge in [-0.15, -0.1) is 0 Å². The van der Waals surface area contributed by atoms with Gasteiger partial charge in [0.15, 0.2) is 0 Å². The molecule has 14 heavy (non-hydrogen) atoms. The Balaban J connectivity index is 3.01. The average molecular weight is 385 g/mol. The highest BCUT2D eigenvalue weighted by molar-refractivity contribution is 9.14. The van der Waals surface area contributed by atoms with Crippen LogP contribution in [0.4, 0.5) is 0 Å². The Kier molecular flexibility index (Phi) is 4.34. The summed E-state index contributed by atoms with van der Waals surface area (Å²) in [6, 6.07) is 3.38. The second-order valence-electron chi connectivity index (χ2n) is 2.33. The van der Waals surface area contributed by atoms with Gasteiger partial charge in [0.1, 0.15) is 5.75 Å². The molecular weight excluding hydrogens is 380 g/mol. The number of halogens is 3. The third-order valence-corrected chi connectivity index (χ3v) is 4.51. The van der Waals surface area contributed by atoms with Gasteiger partial charge in [0.2, 0.25) is 0 Å². The molecule has 74 valence electrons. The summed E-state index contributed by atoms with van der Waals surface area (Å²) in [5.74, 6) is -0.0250. The van der Waals surface area contributed by atoms with Crippen molar-refractivity contribution >= 4 is 53.8 Å². The number of benzene rings is 1. The van der Waals surface area contributed by atoms with Gasteiger partial charge in [-0.1, -0.05) is 6.58 Å². The van der Waals surface area contributed by atoms with Crippen LogP contribution in [0, 0.1) is 0 Å². The van der Waals surface area contributed by atoms with Gasteiger partial charge in [-0.2, -0.15) is 0 Å². The standard InChI is InChI=1S/C9H5Br3O2/c1-2-8(13)14-5-3-6(10)9(12)7(11)4-5/h2-4H,1H2. The molecule has 0 radical (unpaired) electrons. The van der Waals surface area contributed by atoms with E-state index in [2.05, 4.69) is 54.4 Å². The summed E-state index contributed by atoms with van der Waals surface area (Å²) in [6.07, 6.45) is 1.11. The van der Waals surface area contributed by atoms with E-state index in [4.69, 9.17) is 4.74 Å². The Morgan fingerprint density at radius 3 is 2.21 bits per heavy atom. The zero-order valence-corrected chi connectivity index (χ0v) is 11.6. The Bertz CT molecular complexity index is 365. The van der Waals surface area contributed by atoms with Crippen LogP contribution in [-0.2, 0) is 4.79 Å². The molecule has 0 fully saturated rings. The molecule has 0 bridgehead atoms. The molecule has 0 aliphatic carbocycles. The number of hydrogen-bond acceptors (Lipinski definition) is 2. The molecule has 0 saturated heterocycles. The number of ether oxygens (including phenoxy) is 1. The molecular formula is C9H5Br3O2. The fourth-order valence-electron chi connectivity index (χ4n) is 0.749. The van der Waals surface area contributed by atoms with E-state index in [1.165, 1.54) is 0 Å². The maximum Gasteiger partial charge on any atom is 0.335 e. The normalized spacial score (nSPS) is 9.64. The molecule has 0 aliphatic rings. The molecule has 5 heteroatoms. The van der Waals surface area contributed by atoms with E-state index < -0.39 is 5.97 Å². The molecule has 1 rings (SSSR count). The molecule has 0 heterocycles. The molecule has 2 nitrogen and oxygen atoms in total. The Morgan fingerprint density at radius 1 is 1.29 bits per heavy atom. The van der Waals surface area contributed by atoms with Crippen LogP contribution >= 0.6 is 47.8 Å².